The lowest BCUT2D eigenvalue weighted by molar-refractivity contribution is -0.150. The van der Waals surface area contributed by atoms with Crippen LogP contribution in [0, 0.1) is 0 Å². The Balaban J connectivity index is 2.93. The van der Waals surface area contributed by atoms with E-state index in [1.165, 1.54) is 0 Å². The Morgan fingerprint density at radius 2 is 2.19 bits per heavy atom. The number of methoxy groups -OCH3 is 1. The highest BCUT2D eigenvalue weighted by Crippen LogP contribution is 2.29. The van der Waals surface area contributed by atoms with Gasteiger partial charge in [0, 0.05) is 7.11 Å². The Morgan fingerprint density at radius 3 is 2.69 bits per heavy atom. The van der Waals surface area contributed by atoms with Crippen molar-refractivity contribution in [1.29, 1.82) is 0 Å². The monoisotopic (exact) mass is 228 g/mol. The molecule has 0 spiro atoms. The van der Waals surface area contributed by atoms with Crippen molar-refractivity contribution in [2.24, 2.45) is 0 Å². The van der Waals surface area contributed by atoms with Gasteiger partial charge < -0.3 is 19.4 Å². The van der Waals surface area contributed by atoms with Crippen LogP contribution in [0.4, 0.5) is 0 Å². The van der Waals surface area contributed by atoms with Crippen LogP contribution in [-0.2, 0) is 21.6 Å². The third kappa shape index (κ3) is 2.43. The molecule has 90 valence electrons. The SMILES string of the molecule is COCc1ccc(C(C)(C)C(O)C(=O)O)o1. The summed E-state index contributed by atoms with van der Waals surface area (Å²) in [7, 11) is 1.54. The zero-order chi connectivity index (χ0) is 12.3. The molecular formula is C11H16O5. The van der Waals surface area contributed by atoms with Crippen LogP contribution in [0.1, 0.15) is 25.4 Å². The molecular weight excluding hydrogens is 212 g/mol. The van der Waals surface area contributed by atoms with Crippen molar-refractivity contribution in [3.8, 4) is 0 Å². The van der Waals surface area contributed by atoms with Crippen molar-refractivity contribution in [1.82, 2.24) is 0 Å². The summed E-state index contributed by atoms with van der Waals surface area (Å²) in [6, 6.07) is 3.36. The van der Waals surface area contributed by atoms with Gasteiger partial charge in [-0.05, 0) is 26.0 Å². The van der Waals surface area contributed by atoms with Crippen molar-refractivity contribution in [2.75, 3.05) is 7.11 Å². The van der Waals surface area contributed by atoms with Gasteiger partial charge in [-0.1, -0.05) is 0 Å². The van der Waals surface area contributed by atoms with E-state index < -0.39 is 17.5 Å². The summed E-state index contributed by atoms with van der Waals surface area (Å²) in [5.41, 5.74) is -0.974. The number of carboxylic acid groups (broad SMARTS) is 1. The Morgan fingerprint density at radius 1 is 1.56 bits per heavy atom. The number of ether oxygens (including phenoxy) is 1. The zero-order valence-corrected chi connectivity index (χ0v) is 9.56. The fourth-order valence-corrected chi connectivity index (χ4v) is 1.39. The number of carbonyl (C=O) groups is 1. The van der Waals surface area contributed by atoms with Gasteiger partial charge in [0.1, 0.15) is 18.1 Å². The molecule has 0 bridgehead atoms. The molecule has 0 amide bonds. The largest absolute Gasteiger partial charge is 0.479 e. The number of hydrogen-bond acceptors (Lipinski definition) is 4. The second kappa shape index (κ2) is 4.67. The fraction of sp³-hybridized carbons (Fsp3) is 0.545. The third-order valence-electron chi connectivity index (χ3n) is 2.50. The molecule has 0 aliphatic carbocycles. The molecule has 1 unspecified atom stereocenters. The maximum atomic E-state index is 10.7. The van der Waals surface area contributed by atoms with Gasteiger partial charge in [-0.25, -0.2) is 4.79 Å². The van der Waals surface area contributed by atoms with Crippen molar-refractivity contribution in [2.45, 2.75) is 32.0 Å². The van der Waals surface area contributed by atoms with Gasteiger partial charge in [-0.15, -0.1) is 0 Å². The molecule has 0 fully saturated rings. The van der Waals surface area contributed by atoms with Crippen molar-refractivity contribution >= 4 is 5.97 Å². The smallest absolute Gasteiger partial charge is 0.333 e. The molecule has 0 aromatic carbocycles. The number of hydrogen-bond donors (Lipinski definition) is 2. The molecule has 1 rings (SSSR count). The summed E-state index contributed by atoms with van der Waals surface area (Å²) < 4.78 is 10.3. The van der Waals surface area contributed by atoms with Gasteiger partial charge in [0.25, 0.3) is 0 Å². The second-order valence-corrected chi connectivity index (χ2v) is 4.16. The summed E-state index contributed by atoms with van der Waals surface area (Å²) in [5, 5.41) is 18.3. The van der Waals surface area contributed by atoms with Gasteiger partial charge in [0.05, 0.1) is 5.41 Å². The van der Waals surface area contributed by atoms with E-state index in [1.807, 2.05) is 0 Å². The summed E-state index contributed by atoms with van der Waals surface area (Å²) in [5.74, 6) is -0.243. The maximum Gasteiger partial charge on any atom is 0.333 e. The summed E-state index contributed by atoms with van der Waals surface area (Å²) in [4.78, 5) is 10.7. The minimum atomic E-state index is -1.51. The first-order valence-electron chi connectivity index (χ1n) is 4.88. The predicted molar refractivity (Wildman–Crippen MR) is 56.1 cm³/mol. The average Bonchev–Trinajstić information content (AvgIpc) is 2.66. The van der Waals surface area contributed by atoms with E-state index in [2.05, 4.69) is 0 Å². The first-order chi connectivity index (χ1) is 7.39. The van der Waals surface area contributed by atoms with E-state index in [4.69, 9.17) is 14.3 Å². The van der Waals surface area contributed by atoms with E-state index in [0.717, 1.165) is 0 Å². The number of aliphatic hydroxyl groups is 1. The van der Waals surface area contributed by atoms with Gasteiger partial charge in [-0.2, -0.15) is 0 Å². The lowest BCUT2D eigenvalue weighted by Crippen LogP contribution is -2.39. The van der Waals surface area contributed by atoms with Gasteiger partial charge >= 0.3 is 5.97 Å². The molecule has 0 aliphatic heterocycles. The minimum Gasteiger partial charge on any atom is -0.479 e. The van der Waals surface area contributed by atoms with Crippen molar-refractivity contribution < 1.29 is 24.2 Å². The number of furan rings is 1. The standard InChI is InChI=1S/C11H16O5/c1-11(2,9(12)10(13)14)8-5-4-7(16-8)6-15-3/h4-5,9,12H,6H2,1-3H3,(H,13,14). The molecule has 0 saturated carbocycles. The highest BCUT2D eigenvalue weighted by atomic mass is 16.5. The Bertz CT molecular complexity index is 366. The molecule has 16 heavy (non-hydrogen) atoms. The van der Waals surface area contributed by atoms with Crippen LogP contribution in [-0.4, -0.2) is 29.4 Å². The van der Waals surface area contributed by atoms with E-state index in [1.54, 1.807) is 33.1 Å². The van der Waals surface area contributed by atoms with Gasteiger partial charge in [0.15, 0.2) is 6.10 Å². The van der Waals surface area contributed by atoms with E-state index >= 15 is 0 Å². The van der Waals surface area contributed by atoms with Crippen LogP contribution < -0.4 is 0 Å². The molecule has 1 heterocycles. The third-order valence-corrected chi connectivity index (χ3v) is 2.50. The molecule has 5 heteroatoms. The second-order valence-electron chi connectivity index (χ2n) is 4.16. The molecule has 5 nitrogen and oxygen atoms in total. The van der Waals surface area contributed by atoms with Gasteiger partial charge in [0.2, 0.25) is 0 Å². The summed E-state index contributed by atoms with van der Waals surface area (Å²) in [6.07, 6.45) is -1.51. The van der Waals surface area contributed by atoms with E-state index in [-0.39, 0.29) is 0 Å². The first-order valence-corrected chi connectivity index (χ1v) is 4.88. The van der Waals surface area contributed by atoms with Crippen LogP contribution >= 0.6 is 0 Å². The van der Waals surface area contributed by atoms with Crippen LogP contribution in [0.5, 0.6) is 0 Å². The molecule has 0 saturated heterocycles. The molecule has 1 aromatic rings. The predicted octanol–water partition coefficient (Wildman–Crippen LogP) is 1.15. The van der Waals surface area contributed by atoms with E-state index in [9.17, 15) is 9.90 Å². The number of rotatable bonds is 5. The normalized spacial score (nSPS) is 13.8. The molecule has 2 N–H and O–H groups in total. The van der Waals surface area contributed by atoms with Gasteiger partial charge in [-0.3, -0.25) is 0 Å². The maximum absolute atomic E-state index is 10.7. The Hall–Kier alpha value is -1.33. The first kappa shape index (κ1) is 12.7. The summed E-state index contributed by atoms with van der Waals surface area (Å²) in [6.45, 7) is 3.54. The molecule has 0 radical (unpaired) electrons. The van der Waals surface area contributed by atoms with E-state index in [0.29, 0.717) is 18.1 Å². The van der Waals surface area contributed by atoms with Crippen LogP contribution in [0.3, 0.4) is 0 Å². The summed E-state index contributed by atoms with van der Waals surface area (Å²) >= 11 is 0. The molecule has 0 aliphatic rings. The highest BCUT2D eigenvalue weighted by Gasteiger charge is 2.37. The average molecular weight is 228 g/mol. The lowest BCUT2D eigenvalue weighted by Gasteiger charge is -2.25. The fourth-order valence-electron chi connectivity index (χ4n) is 1.39. The molecule has 1 atom stereocenters. The number of aliphatic hydroxyl groups excluding tert-OH is 1. The zero-order valence-electron chi connectivity index (χ0n) is 9.56. The Kier molecular flexibility index (Phi) is 3.72. The minimum absolute atomic E-state index is 0.319. The number of aliphatic carboxylic acids is 1. The van der Waals surface area contributed by atoms with Crippen LogP contribution in [0.2, 0.25) is 0 Å². The van der Waals surface area contributed by atoms with Crippen molar-refractivity contribution in [3.05, 3.63) is 23.7 Å². The molecule has 1 aromatic heterocycles. The van der Waals surface area contributed by atoms with Crippen LogP contribution in [0.25, 0.3) is 0 Å². The number of carboxylic acids is 1. The Labute approximate surface area is 93.6 Å². The highest BCUT2D eigenvalue weighted by molar-refractivity contribution is 5.74. The quantitative estimate of drug-likeness (QED) is 0.790. The van der Waals surface area contributed by atoms with Crippen LogP contribution in [0.15, 0.2) is 16.5 Å². The van der Waals surface area contributed by atoms with Crippen molar-refractivity contribution in [3.63, 3.8) is 0 Å². The lowest BCUT2D eigenvalue weighted by atomic mass is 9.84. The topological polar surface area (TPSA) is 79.9 Å².